The summed E-state index contributed by atoms with van der Waals surface area (Å²) in [6, 6.07) is 8.82. The lowest BCUT2D eigenvalue weighted by atomic mass is 10.2. The summed E-state index contributed by atoms with van der Waals surface area (Å²) in [6.45, 7) is 0.547. The van der Waals surface area contributed by atoms with E-state index in [-0.39, 0.29) is 11.6 Å². The number of anilines is 1. The molecule has 0 radical (unpaired) electrons. The zero-order valence-electron chi connectivity index (χ0n) is 12.6. The van der Waals surface area contributed by atoms with Gasteiger partial charge in [0.05, 0.1) is 16.6 Å². The molecule has 0 saturated carbocycles. The van der Waals surface area contributed by atoms with Crippen molar-refractivity contribution in [3.63, 3.8) is 0 Å². The summed E-state index contributed by atoms with van der Waals surface area (Å²) in [6.07, 6.45) is 2.03. The van der Waals surface area contributed by atoms with Crippen molar-refractivity contribution in [2.24, 2.45) is 0 Å². The zero-order valence-corrected chi connectivity index (χ0v) is 12.6. The number of hydrogen-bond acceptors (Lipinski definition) is 4. The Kier molecular flexibility index (Phi) is 3.53. The van der Waals surface area contributed by atoms with E-state index < -0.39 is 0 Å². The average Bonchev–Trinajstić information content (AvgIpc) is 2.97. The van der Waals surface area contributed by atoms with Crippen LogP contribution in [0.15, 0.2) is 42.7 Å². The second-order valence-corrected chi connectivity index (χ2v) is 5.41. The molecule has 0 aliphatic heterocycles. The van der Waals surface area contributed by atoms with Crippen molar-refractivity contribution in [2.75, 3.05) is 11.9 Å². The Morgan fingerprint density at radius 1 is 0.958 bits per heavy atom. The molecule has 2 aromatic heterocycles. The first-order chi connectivity index (χ1) is 11.7. The molecule has 0 saturated heterocycles. The maximum Gasteiger partial charge on any atom is 0.137 e. The summed E-state index contributed by atoms with van der Waals surface area (Å²) in [4.78, 5) is 15.8. The molecule has 2 aromatic carbocycles. The van der Waals surface area contributed by atoms with E-state index in [0.717, 1.165) is 11.3 Å². The van der Waals surface area contributed by atoms with Gasteiger partial charge in [-0.3, -0.25) is 0 Å². The fraction of sp³-hybridized carbons (Fsp3) is 0.118. The SMILES string of the molecule is Fc1ccc2nc(CCNc3ncnc4ccc(F)cc34)[nH]c2c1. The van der Waals surface area contributed by atoms with Gasteiger partial charge in [0.1, 0.15) is 29.6 Å². The number of nitrogens with one attached hydrogen (secondary N) is 2. The van der Waals surface area contributed by atoms with E-state index in [1.807, 2.05) is 0 Å². The summed E-state index contributed by atoms with van der Waals surface area (Å²) < 4.78 is 26.6. The van der Waals surface area contributed by atoms with Crippen LogP contribution in [0.3, 0.4) is 0 Å². The van der Waals surface area contributed by atoms with Gasteiger partial charge < -0.3 is 10.3 Å². The Morgan fingerprint density at radius 3 is 2.62 bits per heavy atom. The molecule has 0 unspecified atom stereocenters. The highest BCUT2D eigenvalue weighted by atomic mass is 19.1. The monoisotopic (exact) mass is 325 g/mol. The van der Waals surface area contributed by atoms with Crippen molar-refractivity contribution < 1.29 is 8.78 Å². The molecule has 120 valence electrons. The minimum atomic E-state index is -0.334. The lowest BCUT2D eigenvalue weighted by Gasteiger charge is -2.07. The highest BCUT2D eigenvalue weighted by Crippen LogP contribution is 2.20. The number of benzene rings is 2. The van der Waals surface area contributed by atoms with Gasteiger partial charge in [-0.15, -0.1) is 0 Å². The number of halogens is 2. The smallest absolute Gasteiger partial charge is 0.137 e. The Balaban J connectivity index is 1.51. The van der Waals surface area contributed by atoms with Crippen LogP contribution in [0.4, 0.5) is 14.6 Å². The number of aromatic amines is 1. The van der Waals surface area contributed by atoms with Gasteiger partial charge in [0.2, 0.25) is 0 Å². The predicted octanol–water partition coefficient (Wildman–Crippen LogP) is 3.44. The highest BCUT2D eigenvalue weighted by molar-refractivity contribution is 5.88. The number of hydrogen-bond donors (Lipinski definition) is 2. The standard InChI is InChI=1S/C17H13F2N5/c18-10-1-3-13-12(7-10)17(22-9-21-13)20-6-5-16-23-14-4-2-11(19)8-15(14)24-16/h1-4,7-9H,5-6H2,(H,23,24)(H,20,21,22). The van der Waals surface area contributed by atoms with Crippen molar-refractivity contribution in [3.8, 4) is 0 Å². The maximum absolute atomic E-state index is 13.4. The van der Waals surface area contributed by atoms with Crippen LogP contribution in [0.1, 0.15) is 5.82 Å². The van der Waals surface area contributed by atoms with Crippen molar-refractivity contribution in [3.05, 3.63) is 60.2 Å². The predicted molar refractivity (Wildman–Crippen MR) is 87.7 cm³/mol. The summed E-state index contributed by atoms with van der Waals surface area (Å²) in [5, 5.41) is 3.80. The van der Waals surface area contributed by atoms with Crippen LogP contribution in [0.5, 0.6) is 0 Å². The molecule has 0 atom stereocenters. The van der Waals surface area contributed by atoms with E-state index >= 15 is 0 Å². The summed E-state index contributed by atoms with van der Waals surface area (Å²) in [5.41, 5.74) is 2.06. The molecule has 0 bridgehead atoms. The van der Waals surface area contributed by atoms with E-state index in [4.69, 9.17) is 0 Å². The van der Waals surface area contributed by atoms with Gasteiger partial charge in [0.15, 0.2) is 0 Å². The third kappa shape index (κ3) is 2.76. The fourth-order valence-electron chi connectivity index (χ4n) is 2.62. The molecular formula is C17H13F2N5. The van der Waals surface area contributed by atoms with E-state index in [1.165, 1.54) is 30.6 Å². The lowest BCUT2D eigenvalue weighted by molar-refractivity contribution is 0.629. The largest absolute Gasteiger partial charge is 0.369 e. The molecule has 0 aliphatic rings. The Labute approximate surface area is 135 Å². The minimum Gasteiger partial charge on any atom is -0.369 e. The molecule has 4 rings (SSSR count). The van der Waals surface area contributed by atoms with Crippen LogP contribution in [-0.4, -0.2) is 26.5 Å². The molecule has 4 aromatic rings. The number of aromatic nitrogens is 4. The normalized spacial score (nSPS) is 11.2. The van der Waals surface area contributed by atoms with Gasteiger partial charge in [-0.25, -0.2) is 23.7 Å². The Bertz CT molecular complexity index is 1030. The second kappa shape index (κ2) is 5.84. The molecule has 5 nitrogen and oxygen atoms in total. The third-order valence-electron chi connectivity index (χ3n) is 3.74. The van der Waals surface area contributed by atoms with E-state index in [2.05, 4.69) is 25.3 Å². The van der Waals surface area contributed by atoms with Crippen molar-refractivity contribution in [1.29, 1.82) is 0 Å². The molecule has 0 aliphatic carbocycles. The second-order valence-electron chi connectivity index (χ2n) is 5.41. The number of H-pyrrole nitrogens is 1. The van der Waals surface area contributed by atoms with Gasteiger partial charge in [-0.2, -0.15) is 0 Å². The van der Waals surface area contributed by atoms with Crippen molar-refractivity contribution in [1.82, 2.24) is 19.9 Å². The van der Waals surface area contributed by atoms with E-state index in [1.54, 1.807) is 12.1 Å². The maximum atomic E-state index is 13.4. The van der Waals surface area contributed by atoms with Gasteiger partial charge in [-0.1, -0.05) is 0 Å². The van der Waals surface area contributed by atoms with Gasteiger partial charge >= 0.3 is 0 Å². The van der Waals surface area contributed by atoms with E-state index in [9.17, 15) is 8.78 Å². The average molecular weight is 325 g/mol. The number of nitrogens with zero attached hydrogens (tertiary/aromatic N) is 3. The first kappa shape index (κ1) is 14.5. The lowest BCUT2D eigenvalue weighted by Crippen LogP contribution is -2.08. The van der Waals surface area contributed by atoms with Crippen LogP contribution >= 0.6 is 0 Å². The molecule has 24 heavy (non-hydrogen) atoms. The molecule has 7 heteroatoms. The number of imidazole rings is 1. The third-order valence-corrected chi connectivity index (χ3v) is 3.74. The van der Waals surface area contributed by atoms with Gasteiger partial charge in [0.25, 0.3) is 0 Å². The van der Waals surface area contributed by atoms with Crippen LogP contribution in [0, 0.1) is 11.6 Å². The first-order valence-corrected chi connectivity index (χ1v) is 7.47. The number of fused-ring (bicyclic) bond motifs is 2. The van der Waals surface area contributed by atoms with Crippen LogP contribution in [0.25, 0.3) is 21.9 Å². The fourth-order valence-corrected chi connectivity index (χ4v) is 2.62. The van der Waals surface area contributed by atoms with Gasteiger partial charge in [0, 0.05) is 18.4 Å². The summed E-state index contributed by atoms with van der Waals surface area (Å²) in [7, 11) is 0. The topological polar surface area (TPSA) is 66.5 Å². The summed E-state index contributed by atoms with van der Waals surface area (Å²) in [5.74, 6) is 0.680. The first-order valence-electron chi connectivity index (χ1n) is 7.47. The molecule has 2 heterocycles. The molecule has 0 spiro atoms. The van der Waals surface area contributed by atoms with Gasteiger partial charge in [-0.05, 0) is 36.4 Å². The molecular weight excluding hydrogens is 312 g/mol. The van der Waals surface area contributed by atoms with Crippen LogP contribution < -0.4 is 5.32 Å². The zero-order chi connectivity index (χ0) is 16.5. The van der Waals surface area contributed by atoms with Crippen LogP contribution in [0.2, 0.25) is 0 Å². The number of rotatable bonds is 4. The van der Waals surface area contributed by atoms with Crippen molar-refractivity contribution >= 4 is 27.8 Å². The van der Waals surface area contributed by atoms with Crippen molar-refractivity contribution in [2.45, 2.75) is 6.42 Å². The molecule has 0 fully saturated rings. The minimum absolute atomic E-state index is 0.301. The molecule has 0 amide bonds. The van der Waals surface area contributed by atoms with E-state index in [0.29, 0.717) is 35.2 Å². The molecule has 2 N–H and O–H groups in total. The Morgan fingerprint density at radius 2 is 1.75 bits per heavy atom. The quantitative estimate of drug-likeness (QED) is 0.603. The summed E-state index contributed by atoms with van der Waals surface area (Å²) >= 11 is 0. The Hall–Kier alpha value is -3.09. The highest BCUT2D eigenvalue weighted by Gasteiger charge is 2.07. The van der Waals surface area contributed by atoms with Crippen LogP contribution in [-0.2, 0) is 6.42 Å².